The summed E-state index contributed by atoms with van der Waals surface area (Å²) in [4.78, 5) is 23.7. The summed E-state index contributed by atoms with van der Waals surface area (Å²) in [5.41, 5.74) is 19.3. The molecule has 1 aliphatic heterocycles. The Bertz CT molecular complexity index is 4240. The van der Waals surface area contributed by atoms with E-state index in [1.807, 2.05) is 85.5 Å². The second kappa shape index (κ2) is 21.8. The Morgan fingerprint density at radius 1 is 0.346 bits per heavy atom. The van der Waals surface area contributed by atoms with Gasteiger partial charge in [-0.15, -0.1) is 0 Å². The Morgan fingerprint density at radius 2 is 0.718 bits per heavy atom. The minimum atomic E-state index is 0. The van der Waals surface area contributed by atoms with Gasteiger partial charge in [0, 0.05) is 34.9 Å². The highest BCUT2D eigenvalue weighted by Gasteiger charge is 2.20. The lowest BCUT2D eigenvalue weighted by molar-refractivity contribution is 1.05. The normalized spacial score (nSPS) is 11.6. The summed E-state index contributed by atoms with van der Waals surface area (Å²) in [7, 11) is 0. The third-order valence-electron chi connectivity index (χ3n) is 13.6. The lowest BCUT2D eigenvalue weighted by Gasteiger charge is -2.15. The van der Waals surface area contributed by atoms with E-state index in [2.05, 4.69) is 241 Å². The van der Waals surface area contributed by atoms with Crippen molar-refractivity contribution in [1.29, 1.82) is 0 Å². The van der Waals surface area contributed by atoms with Crippen molar-refractivity contribution in [3.8, 4) is 45.5 Å². The first-order chi connectivity index (χ1) is 38.0. The van der Waals surface area contributed by atoms with Gasteiger partial charge in [-0.2, -0.15) is 0 Å². The number of hydrogen-bond acceptors (Lipinski definition) is 5. The summed E-state index contributed by atoms with van der Waals surface area (Å²) in [6, 6.07) is 85.1. The van der Waals surface area contributed by atoms with Crippen LogP contribution in [0.4, 0.5) is 5.69 Å². The number of fused-ring (bicyclic) bond motifs is 5. The number of rotatable bonds is 7. The molecule has 3 radical (unpaired) electrons. The molecular weight excluding hydrogens is 1090 g/mol. The van der Waals surface area contributed by atoms with Gasteiger partial charge in [0.2, 0.25) is 0 Å². The van der Waals surface area contributed by atoms with E-state index < -0.39 is 0 Å². The number of aliphatic imine (C=N–C) groups is 1. The number of nitrogens with zero attached hydrogens (tertiary/aromatic N) is 9. The predicted molar refractivity (Wildman–Crippen MR) is 326 cm³/mol. The molecule has 371 valence electrons. The molecule has 0 saturated carbocycles. The molecule has 0 amide bonds. The van der Waals surface area contributed by atoms with Gasteiger partial charge < -0.3 is 0 Å². The lowest BCUT2D eigenvalue weighted by Crippen LogP contribution is -2.02. The van der Waals surface area contributed by atoms with E-state index >= 15 is 0 Å². The number of hydrogen-bond donors (Lipinski definition) is 0. The fourth-order valence-corrected chi connectivity index (χ4v) is 11.0. The van der Waals surface area contributed by atoms with Crippen LogP contribution in [0.15, 0.2) is 275 Å². The molecule has 15 rings (SSSR count). The first kappa shape index (κ1) is 49.6. The summed E-state index contributed by atoms with van der Waals surface area (Å²) < 4.78 is 10.7. The van der Waals surface area contributed by atoms with Crippen molar-refractivity contribution in [2.24, 2.45) is 4.99 Å². The quantitative estimate of drug-likeness (QED) is 0.149. The van der Waals surface area contributed by atoms with E-state index in [0.717, 1.165) is 111 Å². The molecule has 0 N–H and O–H groups in total. The molecule has 10 aromatic carbocycles. The van der Waals surface area contributed by atoms with Gasteiger partial charge in [0.1, 0.15) is 24.3 Å². The SMILES string of the molecule is Brc1cc(-n2c(-c3ccccc3)nc3ccccc32)cc(-n2c(-c3ccccc3)nc3ccccc32)c1.Brc1cc(-n2cnc3ccccc32)cc(-n2cnc3ccccc32)c1.[B].c1ccc(C2=Nc3ccccc3C2)cc1. The molecule has 12 heteroatoms. The molecule has 0 fully saturated rings. The number of benzene rings is 10. The maximum atomic E-state index is 5.02. The fourth-order valence-electron chi connectivity index (χ4n) is 10.1. The second-order valence-corrected chi connectivity index (χ2v) is 20.4. The van der Waals surface area contributed by atoms with E-state index in [1.54, 1.807) is 0 Å². The second-order valence-electron chi connectivity index (χ2n) is 18.5. The number of halogens is 2. The van der Waals surface area contributed by atoms with E-state index in [0.29, 0.717) is 0 Å². The zero-order valence-electron chi connectivity index (χ0n) is 41.9. The summed E-state index contributed by atoms with van der Waals surface area (Å²) in [6.07, 6.45) is 4.69. The van der Waals surface area contributed by atoms with Gasteiger partial charge in [0.15, 0.2) is 0 Å². The van der Waals surface area contributed by atoms with Crippen molar-refractivity contribution in [2.45, 2.75) is 6.42 Å². The highest BCUT2D eigenvalue weighted by molar-refractivity contribution is 9.10. The Kier molecular flexibility index (Phi) is 13.9. The van der Waals surface area contributed by atoms with Crippen molar-refractivity contribution < 1.29 is 0 Å². The number of imidazole rings is 4. The number of para-hydroxylation sites is 9. The third-order valence-corrected chi connectivity index (χ3v) is 14.5. The lowest BCUT2D eigenvalue weighted by atomic mass is 10.0. The smallest absolute Gasteiger partial charge is 0.145 e. The molecule has 4 aromatic heterocycles. The van der Waals surface area contributed by atoms with Gasteiger partial charge in [-0.1, -0.05) is 190 Å². The maximum Gasteiger partial charge on any atom is 0.145 e. The molecule has 5 heterocycles. The van der Waals surface area contributed by atoms with Crippen molar-refractivity contribution in [2.75, 3.05) is 0 Å². The highest BCUT2D eigenvalue weighted by Crippen LogP contribution is 2.35. The Balaban J connectivity index is 0.000000128. The minimum absolute atomic E-state index is 0. The standard InChI is InChI=1S/C32H21BrN4.C20H13BrN4.C14H11N.B/c33-24-19-25(36-29-17-9-7-15-27(29)34-31(36)22-11-3-1-4-12-22)21-26(20-24)37-30-18-10-8-16-28(30)35-32(37)23-13-5-2-6-14-23;21-14-9-15(24-12-22-17-5-1-3-7-19(17)24)11-16(10-14)25-13-23-18-6-2-4-8-20(18)25;1-2-6-11(7-3-1)14-10-12-8-4-5-9-13(12)15-14;/h1-21H;1-13H;1-9H,10H2;. The molecule has 0 unspecified atom stereocenters. The summed E-state index contributed by atoms with van der Waals surface area (Å²) in [6.45, 7) is 0. The Labute approximate surface area is 469 Å². The molecule has 14 aromatic rings. The Hall–Kier alpha value is -9.23. The van der Waals surface area contributed by atoms with Crippen LogP contribution in [0.25, 0.3) is 89.7 Å². The molecule has 0 spiro atoms. The zero-order valence-corrected chi connectivity index (χ0v) is 45.1. The number of aromatic nitrogens is 8. The minimum Gasteiger partial charge on any atom is -0.299 e. The van der Waals surface area contributed by atoms with Crippen LogP contribution in [-0.2, 0) is 6.42 Å². The van der Waals surface area contributed by atoms with Crippen LogP contribution in [0.3, 0.4) is 0 Å². The van der Waals surface area contributed by atoms with E-state index in [-0.39, 0.29) is 8.41 Å². The van der Waals surface area contributed by atoms with Crippen LogP contribution in [0.1, 0.15) is 11.1 Å². The average Bonchev–Trinajstić information content (AvgIpc) is 4.48. The zero-order chi connectivity index (χ0) is 51.7. The maximum absolute atomic E-state index is 5.02. The van der Waals surface area contributed by atoms with Crippen molar-refractivity contribution >= 4 is 95.8 Å². The van der Waals surface area contributed by atoms with E-state index in [1.165, 1.54) is 16.8 Å². The monoisotopic (exact) mass is 1130 g/mol. The van der Waals surface area contributed by atoms with Crippen LogP contribution < -0.4 is 0 Å². The van der Waals surface area contributed by atoms with Crippen LogP contribution in [0.5, 0.6) is 0 Å². The Morgan fingerprint density at radius 3 is 1.19 bits per heavy atom. The van der Waals surface area contributed by atoms with Crippen LogP contribution in [-0.4, -0.2) is 52.3 Å². The molecule has 1 aliphatic rings. The van der Waals surface area contributed by atoms with E-state index in [4.69, 9.17) is 9.97 Å². The van der Waals surface area contributed by atoms with Gasteiger partial charge >= 0.3 is 0 Å². The molecule has 78 heavy (non-hydrogen) atoms. The fraction of sp³-hybridized carbons (Fsp3) is 0.0152. The summed E-state index contributed by atoms with van der Waals surface area (Å²) in [5.74, 6) is 1.81. The van der Waals surface area contributed by atoms with Crippen LogP contribution in [0.2, 0.25) is 0 Å². The van der Waals surface area contributed by atoms with Crippen LogP contribution >= 0.6 is 31.9 Å². The molecule has 0 saturated heterocycles. The summed E-state index contributed by atoms with van der Waals surface area (Å²) in [5, 5.41) is 0. The first-order valence-corrected chi connectivity index (χ1v) is 26.8. The van der Waals surface area contributed by atoms with Gasteiger partial charge in [-0.3, -0.25) is 23.3 Å². The average molecular weight is 1130 g/mol. The van der Waals surface area contributed by atoms with E-state index in [9.17, 15) is 0 Å². The first-order valence-electron chi connectivity index (χ1n) is 25.2. The highest BCUT2D eigenvalue weighted by atomic mass is 79.9. The topological polar surface area (TPSA) is 83.6 Å². The molecule has 0 atom stereocenters. The van der Waals surface area contributed by atoms with Gasteiger partial charge in [0.25, 0.3) is 0 Å². The van der Waals surface area contributed by atoms with Gasteiger partial charge in [-0.25, -0.2) is 19.9 Å². The van der Waals surface area contributed by atoms with Gasteiger partial charge in [-0.05, 0) is 102 Å². The largest absolute Gasteiger partial charge is 0.299 e. The van der Waals surface area contributed by atoms with Crippen molar-refractivity contribution in [1.82, 2.24) is 38.2 Å². The van der Waals surface area contributed by atoms with Gasteiger partial charge in [0.05, 0.1) is 78.3 Å². The predicted octanol–water partition coefficient (Wildman–Crippen LogP) is 16.6. The summed E-state index contributed by atoms with van der Waals surface area (Å²) >= 11 is 7.45. The third kappa shape index (κ3) is 9.79. The van der Waals surface area contributed by atoms with Crippen molar-refractivity contribution in [3.63, 3.8) is 0 Å². The molecule has 0 bridgehead atoms. The molecule has 9 nitrogen and oxygen atoms in total. The molecular formula is C66H45BBr2N9. The van der Waals surface area contributed by atoms with Crippen LogP contribution in [0, 0.1) is 0 Å². The van der Waals surface area contributed by atoms with Crippen molar-refractivity contribution in [3.05, 3.63) is 281 Å². The molecule has 0 aliphatic carbocycles.